The van der Waals surface area contributed by atoms with Crippen molar-refractivity contribution in [2.75, 3.05) is 0 Å². The predicted octanol–water partition coefficient (Wildman–Crippen LogP) is 4.36. The summed E-state index contributed by atoms with van der Waals surface area (Å²) < 4.78 is 5.52. The number of halogens is 1. The molecule has 0 radical (unpaired) electrons. The molecule has 0 amide bonds. The van der Waals surface area contributed by atoms with Gasteiger partial charge in [0.05, 0.1) is 0 Å². The highest BCUT2D eigenvalue weighted by molar-refractivity contribution is 6.30. The van der Waals surface area contributed by atoms with Crippen LogP contribution in [0.4, 0.5) is 0 Å². The van der Waals surface area contributed by atoms with E-state index in [9.17, 15) is 0 Å². The molecule has 0 unspecified atom stereocenters. The summed E-state index contributed by atoms with van der Waals surface area (Å²) in [7, 11) is 0. The second-order valence-corrected chi connectivity index (χ2v) is 5.28. The molecule has 3 heteroatoms. The maximum absolute atomic E-state index is 6.13. The van der Waals surface area contributed by atoms with Crippen LogP contribution in [0.15, 0.2) is 28.7 Å². The molecule has 0 fully saturated rings. The van der Waals surface area contributed by atoms with E-state index >= 15 is 0 Å². The maximum Gasteiger partial charge on any atom is 0.199 e. The summed E-state index contributed by atoms with van der Waals surface area (Å²) in [4.78, 5) is 0. The minimum atomic E-state index is 0.113. The van der Waals surface area contributed by atoms with E-state index in [1.807, 2.05) is 24.3 Å². The Labute approximate surface area is 107 Å². The van der Waals surface area contributed by atoms with E-state index in [-0.39, 0.29) is 5.54 Å². The van der Waals surface area contributed by atoms with Gasteiger partial charge in [-0.1, -0.05) is 25.1 Å². The van der Waals surface area contributed by atoms with Crippen molar-refractivity contribution in [2.45, 2.75) is 39.3 Å². The Kier molecular flexibility index (Phi) is 3.45. The zero-order valence-electron chi connectivity index (χ0n) is 10.5. The Morgan fingerprint density at radius 3 is 2.71 bits per heavy atom. The van der Waals surface area contributed by atoms with Crippen molar-refractivity contribution in [2.24, 2.45) is 0 Å². The summed E-state index contributed by atoms with van der Waals surface area (Å²) in [6.07, 6.45) is 1.07. The van der Waals surface area contributed by atoms with Crippen LogP contribution in [0.5, 0.6) is 0 Å². The lowest BCUT2D eigenvalue weighted by Crippen LogP contribution is -2.37. The number of hydrogen-bond donors (Lipinski definition) is 1. The van der Waals surface area contributed by atoms with E-state index in [1.54, 1.807) is 0 Å². The van der Waals surface area contributed by atoms with Crippen molar-refractivity contribution in [3.05, 3.63) is 35.0 Å². The molecule has 0 atom stereocenters. The summed E-state index contributed by atoms with van der Waals surface area (Å²) in [5.41, 5.74) is 2.01. The van der Waals surface area contributed by atoms with Crippen LogP contribution < -0.4 is 5.32 Å². The summed E-state index contributed by atoms with van der Waals surface area (Å²) in [6.45, 7) is 7.27. The fraction of sp³-hybridized carbons (Fsp3) is 0.429. The van der Waals surface area contributed by atoms with Crippen molar-refractivity contribution < 1.29 is 4.42 Å². The van der Waals surface area contributed by atoms with E-state index in [1.165, 1.54) is 0 Å². The Balaban J connectivity index is 2.27. The number of hydrogen-bond acceptors (Lipinski definition) is 2. The molecule has 1 aromatic heterocycles. The molecule has 0 aliphatic rings. The van der Waals surface area contributed by atoms with Gasteiger partial charge in [0.15, 0.2) is 5.22 Å². The summed E-state index contributed by atoms with van der Waals surface area (Å²) in [5, 5.41) is 5.09. The highest BCUT2D eigenvalue weighted by Crippen LogP contribution is 2.29. The number of fused-ring (bicyclic) bond motifs is 1. The van der Waals surface area contributed by atoms with Gasteiger partial charge in [-0.3, -0.25) is 0 Å². The van der Waals surface area contributed by atoms with Crippen LogP contribution in [-0.4, -0.2) is 5.54 Å². The van der Waals surface area contributed by atoms with Crippen LogP contribution in [0.25, 0.3) is 11.0 Å². The summed E-state index contributed by atoms with van der Waals surface area (Å²) >= 11 is 6.13. The van der Waals surface area contributed by atoms with Gasteiger partial charge < -0.3 is 9.73 Å². The fourth-order valence-electron chi connectivity index (χ4n) is 1.69. The van der Waals surface area contributed by atoms with E-state index in [0.29, 0.717) is 5.22 Å². The van der Waals surface area contributed by atoms with Crippen LogP contribution in [0, 0.1) is 0 Å². The molecule has 0 aliphatic carbocycles. The normalized spacial score (nSPS) is 12.2. The second kappa shape index (κ2) is 4.71. The first-order valence-corrected chi connectivity index (χ1v) is 6.32. The average molecular weight is 252 g/mol. The molecule has 1 heterocycles. The molecule has 1 N–H and O–H groups in total. The Morgan fingerprint density at radius 2 is 2.00 bits per heavy atom. The van der Waals surface area contributed by atoms with Crippen LogP contribution >= 0.6 is 11.6 Å². The molecule has 0 bridgehead atoms. The zero-order chi connectivity index (χ0) is 12.5. The number of nitrogens with one attached hydrogen (secondary N) is 1. The fourth-order valence-corrected chi connectivity index (χ4v) is 1.94. The topological polar surface area (TPSA) is 25.2 Å². The smallest absolute Gasteiger partial charge is 0.199 e. The monoisotopic (exact) mass is 251 g/mol. The molecule has 2 aromatic rings. The van der Waals surface area contributed by atoms with Crippen molar-refractivity contribution in [1.29, 1.82) is 0 Å². The lowest BCUT2D eigenvalue weighted by Gasteiger charge is -2.24. The third-order valence-corrected chi connectivity index (χ3v) is 3.58. The molecule has 0 aliphatic heterocycles. The third-order valence-electron chi connectivity index (χ3n) is 3.28. The van der Waals surface area contributed by atoms with Gasteiger partial charge in [-0.25, -0.2) is 0 Å². The molecule has 1 aromatic carbocycles. The molecular weight excluding hydrogens is 234 g/mol. The molecule has 0 spiro atoms. The molecular formula is C14H18ClNO. The lowest BCUT2D eigenvalue weighted by molar-refractivity contribution is 0.374. The van der Waals surface area contributed by atoms with Gasteiger partial charge in [-0.2, -0.15) is 0 Å². The van der Waals surface area contributed by atoms with Gasteiger partial charge in [0, 0.05) is 23.0 Å². The third kappa shape index (κ3) is 2.64. The van der Waals surface area contributed by atoms with Crippen molar-refractivity contribution >= 4 is 22.6 Å². The van der Waals surface area contributed by atoms with Crippen molar-refractivity contribution in [3.63, 3.8) is 0 Å². The van der Waals surface area contributed by atoms with Crippen molar-refractivity contribution in [3.8, 4) is 0 Å². The molecule has 0 saturated carbocycles. The first-order chi connectivity index (χ1) is 8.03. The van der Waals surface area contributed by atoms with E-state index in [2.05, 4.69) is 26.1 Å². The SMILES string of the molecule is CCC(C)(C)NCc1c(Cl)oc2ccccc12. The minimum Gasteiger partial charge on any atom is -0.444 e. The van der Waals surface area contributed by atoms with Gasteiger partial charge >= 0.3 is 0 Å². The molecule has 17 heavy (non-hydrogen) atoms. The van der Waals surface area contributed by atoms with E-state index in [4.69, 9.17) is 16.0 Å². The zero-order valence-corrected chi connectivity index (χ0v) is 11.3. The lowest BCUT2D eigenvalue weighted by atomic mass is 10.0. The predicted molar refractivity (Wildman–Crippen MR) is 72.4 cm³/mol. The van der Waals surface area contributed by atoms with Crippen molar-refractivity contribution in [1.82, 2.24) is 5.32 Å². The highest BCUT2D eigenvalue weighted by atomic mass is 35.5. The first-order valence-electron chi connectivity index (χ1n) is 5.94. The van der Waals surface area contributed by atoms with E-state index in [0.717, 1.165) is 29.5 Å². The summed E-state index contributed by atoms with van der Waals surface area (Å²) in [5.74, 6) is 0. The minimum absolute atomic E-state index is 0.113. The van der Waals surface area contributed by atoms with Crippen LogP contribution in [0.1, 0.15) is 32.8 Å². The second-order valence-electron chi connectivity index (χ2n) is 4.94. The first kappa shape index (κ1) is 12.5. The Morgan fingerprint density at radius 1 is 1.29 bits per heavy atom. The van der Waals surface area contributed by atoms with Gasteiger partial charge in [0.1, 0.15) is 5.58 Å². The van der Waals surface area contributed by atoms with Gasteiger partial charge in [-0.15, -0.1) is 0 Å². The molecule has 0 saturated heterocycles. The Hall–Kier alpha value is -0.990. The molecule has 92 valence electrons. The summed E-state index contributed by atoms with van der Waals surface area (Å²) in [6, 6.07) is 7.94. The van der Waals surface area contributed by atoms with Crippen LogP contribution in [0.3, 0.4) is 0 Å². The number of furan rings is 1. The van der Waals surface area contributed by atoms with E-state index < -0.39 is 0 Å². The van der Waals surface area contributed by atoms with Crippen LogP contribution in [0.2, 0.25) is 5.22 Å². The maximum atomic E-state index is 6.13. The molecule has 2 rings (SSSR count). The average Bonchev–Trinajstić information content (AvgIpc) is 2.62. The highest BCUT2D eigenvalue weighted by Gasteiger charge is 2.17. The van der Waals surface area contributed by atoms with Gasteiger partial charge in [0.25, 0.3) is 0 Å². The number of benzene rings is 1. The number of para-hydroxylation sites is 1. The van der Waals surface area contributed by atoms with Gasteiger partial charge in [-0.05, 0) is 37.9 Å². The quantitative estimate of drug-likeness (QED) is 0.873. The van der Waals surface area contributed by atoms with Gasteiger partial charge in [0.2, 0.25) is 0 Å². The number of rotatable bonds is 4. The largest absolute Gasteiger partial charge is 0.444 e. The Bertz CT molecular complexity index is 516. The molecule has 2 nitrogen and oxygen atoms in total. The van der Waals surface area contributed by atoms with Crippen LogP contribution in [-0.2, 0) is 6.54 Å². The standard InChI is InChI=1S/C14H18ClNO/c1-4-14(2,3)16-9-11-10-7-5-6-8-12(10)17-13(11)15/h5-8,16H,4,9H2,1-3H3.